The first-order chi connectivity index (χ1) is 7.22. The number of halogens is 1. The van der Waals surface area contributed by atoms with Crippen molar-refractivity contribution in [3.63, 3.8) is 0 Å². The van der Waals surface area contributed by atoms with Crippen LogP contribution in [0.4, 0.5) is 4.39 Å². The molecule has 0 aliphatic heterocycles. The molecular weight excluding hydrogens is 193 g/mol. The fourth-order valence-electron chi connectivity index (χ4n) is 2.17. The van der Waals surface area contributed by atoms with Crippen molar-refractivity contribution in [3.8, 4) is 0 Å². The Kier molecular flexibility index (Phi) is 3.03. The Hall–Kier alpha value is -0.930. The lowest BCUT2D eigenvalue weighted by atomic mass is 10.0. The van der Waals surface area contributed by atoms with Crippen molar-refractivity contribution in [2.75, 3.05) is 13.6 Å². The van der Waals surface area contributed by atoms with Gasteiger partial charge < -0.3 is 10.4 Å². The molecule has 1 atom stereocenters. The zero-order chi connectivity index (χ0) is 10.8. The van der Waals surface area contributed by atoms with Crippen molar-refractivity contribution in [1.29, 1.82) is 0 Å². The van der Waals surface area contributed by atoms with Gasteiger partial charge in [-0.25, -0.2) is 4.39 Å². The van der Waals surface area contributed by atoms with Crippen LogP contribution < -0.4 is 5.32 Å². The molecule has 0 amide bonds. The number of fused-ring (bicyclic) bond motifs is 1. The summed E-state index contributed by atoms with van der Waals surface area (Å²) in [5.41, 5.74) is 2.72. The standard InChI is InChI=1S/C12H16FNO/c1-14-7-12(15)10-5-8-3-2-4-9(8)6-11(10)13/h5-6,12,14-15H,2-4,7H2,1H3. The van der Waals surface area contributed by atoms with Gasteiger partial charge in [-0.2, -0.15) is 0 Å². The summed E-state index contributed by atoms with van der Waals surface area (Å²) in [6.07, 6.45) is 2.32. The Bertz CT molecular complexity index is 365. The number of benzene rings is 1. The topological polar surface area (TPSA) is 32.3 Å². The first-order valence-electron chi connectivity index (χ1n) is 5.36. The minimum Gasteiger partial charge on any atom is -0.387 e. The van der Waals surface area contributed by atoms with Crippen LogP contribution in [0.15, 0.2) is 12.1 Å². The SMILES string of the molecule is CNCC(O)c1cc2c(cc1F)CCC2. The van der Waals surface area contributed by atoms with Crippen molar-refractivity contribution >= 4 is 0 Å². The van der Waals surface area contributed by atoms with Gasteiger partial charge in [0.25, 0.3) is 0 Å². The third-order valence-electron chi connectivity index (χ3n) is 2.97. The van der Waals surface area contributed by atoms with Gasteiger partial charge in [0.05, 0.1) is 6.10 Å². The highest BCUT2D eigenvalue weighted by atomic mass is 19.1. The molecule has 0 aromatic heterocycles. The summed E-state index contributed by atoms with van der Waals surface area (Å²) in [5.74, 6) is -0.279. The Morgan fingerprint density at radius 2 is 2.07 bits per heavy atom. The summed E-state index contributed by atoms with van der Waals surface area (Å²) in [6, 6.07) is 3.40. The van der Waals surface area contributed by atoms with Crippen LogP contribution in [0.25, 0.3) is 0 Å². The van der Waals surface area contributed by atoms with Crippen molar-refractivity contribution in [2.45, 2.75) is 25.4 Å². The number of hydrogen-bond donors (Lipinski definition) is 2. The predicted molar refractivity (Wildman–Crippen MR) is 57.3 cm³/mol. The lowest BCUT2D eigenvalue weighted by Gasteiger charge is -2.13. The van der Waals surface area contributed by atoms with E-state index in [-0.39, 0.29) is 5.82 Å². The average molecular weight is 209 g/mol. The summed E-state index contributed by atoms with van der Waals surface area (Å²) in [5, 5.41) is 12.6. The fraction of sp³-hybridized carbons (Fsp3) is 0.500. The number of aryl methyl sites for hydroxylation is 2. The largest absolute Gasteiger partial charge is 0.387 e. The van der Waals surface area contributed by atoms with Crippen molar-refractivity contribution < 1.29 is 9.50 Å². The Labute approximate surface area is 89.1 Å². The van der Waals surface area contributed by atoms with Crippen LogP contribution >= 0.6 is 0 Å². The zero-order valence-electron chi connectivity index (χ0n) is 8.89. The summed E-state index contributed by atoms with van der Waals surface area (Å²) in [7, 11) is 1.74. The molecule has 15 heavy (non-hydrogen) atoms. The van der Waals surface area contributed by atoms with E-state index < -0.39 is 6.10 Å². The molecule has 0 fully saturated rings. The van der Waals surface area contributed by atoms with E-state index in [4.69, 9.17) is 0 Å². The molecule has 1 unspecified atom stereocenters. The van der Waals surface area contributed by atoms with E-state index in [1.807, 2.05) is 6.07 Å². The summed E-state index contributed by atoms with van der Waals surface area (Å²) < 4.78 is 13.6. The molecule has 82 valence electrons. The molecule has 0 bridgehead atoms. The molecule has 0 saturated heterocycles. The fourth-order valence-corrected chi connectivity index (χ4v) is 2.17. The number of aliphatic hydroxyl groups excluding tert-OH is 1. The van der Waals surface area contributed by atoms with Crippen LogP contribution in [0.5, 0.6) is 0 Å². The first-order valence-corrected chi connectivity index (χ1v) is 5.36. The number of likely N-dealkylation sites (N-methyl/N-ethyl adjacent to an activating group) is 1. The summed E-state index contributed by atoms with van der Waals surface area (Å²) >= 11 is 0. The lowest BCUT2D eigenvalue weighted by Crippen LogP contribution is -2.18. The maximum Gasteiger partial charge on any atom is 0.129 e. The van der Waals surface area contributed by atoms with Gasteiger partial charge in [-0.3, -0.25) is 0 Å². The second kappa shape index (κ2) is 4.29. The van der Waals surface area contributed by atoms with E-state index in [1.54, 1.807) is 13.1 Å². The Morgan fingerprint density at radius 1 is 1.40 bits per heavy atom. The minimum atomic E-state index is -0.749. The third-order valence-corrected chi connectivity index (χ3v) is 2.97. The van der Waals surface area contributed by atoms with Gasteiger partial charge in [-0.1, -0.05) is 0 Å². The number of hydrogen-bond acceptors (Lipinski definition) is 2. The van der Waals surface area contributed by atoms with Gasteiger partial charge in [0.2, 0.25) is 0 Å². The molecule has 1 aromatic carbocycles. The molecular formula is C12H16FNO. The van der Waals surface area contributed by atoms with Crippen molar-refractivity contribution in [2.24, 2.45) is 0 Å². The van der Waals surface area contributed by atoms with Gasteiger partial charge in [-0.15, -0.1) is 0 Å². The van der Waals surface area contributed by atoms with E-state index in [9.17, 15) is 9.50 Å². The van der Waals surface area contributed by atoms with Gasteiger partial charge in [0, 0.05) is 12.1 Å². The zero-order valence-corrected chi connectivity index (χ0v) is 8.89. The van der Waals surface area contributed by atoms with Crippen LogP contribution in [0.1, 0.15) is 29.2 Å². The van der Waals surface area contributed by atoms with E-state index in [1.165, 1.54) is 5.56 Å². The lowest BCUT2D eigenvalue weighted by molar-refractivity contribution is 0.173. The maximum atomic E-state index is 13.6. The van der Waals surface area contributed by atoms with E-state index in [0.29, 0.717) is 12.1 Å². The molecule has 0 radical (unpaired) electrons. The molecule has 1 aromatic rings. The van der Waals surface area contributed by atoms with Gasteiger partial charge >= 0.3 is 0 Å². The van der Waals surface area contributed by atoms with Gasteiger partial charge in [0.15, 0.2) is 0 Å². The average Bonchev–Trinajstić information content (AvgIpc) is 2.63. The van der Waals surface area contributed by atoms with E-state index in [0.717, 1.165) is 24.8 Å². The van der Waals surface area contributed by atoms with Crippen LogP contribution in [-0.2, 0) is 12.8 Å². The molecule has 0 saturated carbocycles. The molecule has 0 heterocycles. The van der Waals surface area contributed by atoms with E-state index in [2.05, 4.69) is 5.32 Å². The molecule has 1 aliphatic rings. The molecule has 2 rings (SSSR count). The number of nitrogens with one attached hydrogen (secondary N) is 1. The summed E-state index contributed by atoms with van der Waals surface area (Å²) in [4.78, 5) is 0. The Morgan fingerprint density at radius 3 is 2.73 bits per heavy atom. The van der Waals surface area contributed by atoms with E-state index >= 15 is 0 Å². The summed E-state index contributed by atoms with van der Waals surface area (Å²) in [6.45, 7) is 0.385. The first kappa shape index (κ1) is 10.6. The Balaban J connectivity index is 2.31. The van der Waals surface area contributed by atoms with Gasteiger partial charge in [0.1, 0.15) is 5.82 Å². The minimum absolute atomic E-state index is 0.279. The highest BCUT2D eigenvalue weighted by Gasteiger charge is 2.18. The molecule has 2 nitrogen and oxygen atoms in total. The maximum absolute atomic E-state index is 13.6. The molecule has 1 aliphatic carbocycles. The second-order valence-electron chi connectivity index (χ2n) is 4.07. The molecule has 0 spiro atoms. The highest BCUT2D eigenvalue weighted by Crippen LogP contribution is 2.27. The molecule has 2 N–H and O–H groups in total. The predicted octanol–water partition coefficient (Wildman–Crippen LogP) is 1.57. The highest BCUT2D eigenvalue weighted by molar-refractivity contribution is 5.37. The smallest absolute Gasteiger partial charge is 0.129 e. The third kappa shape index (κ3) is 2.03. The monoisotopic (exact) mass is 209 g/mol. The normalized spacial score (nSPS) is 16.5. The van der Waals surface area contributed by atoms with Crippen molar-refractivity contribution in [3.05, 3.63) is 34.6 Å². The van der Waals surface area contributed by atoms with Crippen molar-refractivity contribution in [1.82, 2.24) is 5.32 Å². The van der Waals surface area contributed by atoms with Crippen LogP contribution in [0, 0.1) is 5.82 Å². The van der Waals surface area contributed by atoms with Crippen LogP contribution in [0.3, 0.4) is 0 Å². The molecule has 3 heteroatoms. The van der Waals surface area contributed by atoms with Crippen LogP contribution in [0.2, 0.25) is 0 Å². The van der Waals surface area contributed by atoms with Gasteiger partial charge in [-0.05, 0) is 49.6 Å². The number of aliphatic hydroxyl groups is 1. The quantitative estimate of drug-likeness (QED) is 0.792. The number of rotatable bonds is 3. The second-order valence-corrected chi connectivity index (χ2v) is 4.07. The van der Waals surface area contributed by atoms with Crippen LogP contribution in [-0.4, -0.2) is 18.7 Å².